The second kappa shape index (κ2) is 4.69. The highest BCUT2D eigenvalue weighted by Gasteiger charge is 2.11. The number of anilines is 1. The zero-order valence-corrected chi connectivity index (χ0v) is 10.7. The van der Waals surface area contributed by atoms with Crippen molar-refractivity contribution >= 4 is 15.7 Å². The van der Waals surface area contributed by atoms with E-state index in [0.717, 1.165) is 6.26 Å². The van der Waals surface area contributed by atoms with Gasteiger partial charge in [0, 0.05) is 6.07 Å². The van der Waals surface area contributed by atoms with Crippen molar-refractivity contribution in [3.8, 4) is 17.1 Å². The first-order valence-corrected chi connectivity index (χ1v) is 6.93. The molecular weight excluding hydrogens is 256 g/mol. The lowest BCUT2D eigenvalue weighted by atomic mass is 10.1. The number of nitrogens with zero attached hydrogens (tertiary/aromatic N) is 1. The van der Waals surface area contributed by atoms with Crippen LogP contribution < -0.4 is 9.46 Å². The summed E-state index contributed by atoms with van der Waals surface area (Å²) in [4.78, 5) is 3.82. The molecule has 1 heterocycles. The van der Waals surface area contributed by atoms with Crippen LogP contribution in [0.4, 0.5) is 5.69 Å². The Morgan fingerprint density at radius 2 is 2.17 bits per heavy atom. The topological polar surface area (TPSA) is 81.4 Å². The molecule has 0 saturated carbocycles. The summed E-state index contributed by atoms with van der Waals surface area (Å²) in [5.41, 5.74) is 1.13. The number of hydrogen-bond donors (Lipinski definition) is 1. The van der Waals surface area contributed by atoms with Gasteiger partial charge >= 0.3 is 0 Å². The number of sulfonamides is 1. The Balaban J connectivity index is 2.41. The van der Waals surface area contributed by atoms with Crippen molar-refractivity contribution in [2.24, 2.45) is 0 Å². The number of aromatic nitrogens is 1. The predicted octanol–water partition coefficient (Wildman–Crippen LogP) is 1.72. The van der Waals surface area contributed by atoms with Gasteiger partial charge in [-0.2, -0.15) is 0 Å². The van der Waals surface area contributed by atoms with E-state index in [2.05, 4.69) is 9.71 Å². The zero-order valence-electron chi connectivity index (χ0n) is 9.88. The predicted molar refractivity (Wildman–Crippen MR) is 67.0 cm³/mol. The second-order valence-corrected chi connectivity index (χ2v) is 5.40. The molecule has 18 heavy (non-hydrogen) atoms. The molecule has 0 aliphatic heterocycles. The first kappa shape index (κ1) is 12.4. The van der Waals surface area contributed by atoms with Crippen LogP contribution in [0.1, 0.15) is 0 Å². The van der Waals surface area contributed by atoms with Gasteiger partial charge in [0.25, 0.3) is 0 Å². The molecule has 0 aliphatic carbocycles. The van der Waals surface area contributed by atoms with Gasteiger partial charge in [-0.05, 0) is 12.1 Å². The van der Waals surface area contributed by atoms with E-state index in [1.165, 1.54) is 13.5 Å². The van der Waals surface area contributed by atoms with Crippen LogP contribution >= 0.6 is 0 Å². The molecule has 0 fully saturated rings. The van der Waals surface area contributed by atoms with Gasteiger partial charge in [0.2, 0.25) is 10.0 Å². The SMILES string of the molecule is COc1cc(NS(C)(=O)=O)ccc1-c1cnco1. The maximum absolute atomic E-state index is 11.1. The van der Waals surface area contributed by atoms with E-state index in [1.807, 2.05) is 0 Å². The molecule has 0 spiro atoms. The second-order valence-electron chi connectivity index (χ2n) is 3.65. The molecule has 1 N–H and O–H groups in total. The number of oxazole rings is 1. The molecular formula is C11H12N2O4S. The van der Waals surface area contributed by atoms with Crippen LogP contribution in [-0.2, 0) is 10.0 Å². The maximum atomic E-state index is 11.1. The van der Waals surface area contributed by atoms with Gasteiger partial charge < -0.3 is 9.15 Å². The normalized spacial score (nSPS) is 11.2. The number of benzene rings is 1. The van der Waals surface area contributed by atoms with Crippen molar-refractivity contribution in [2.75, 3.05) is 18.1 Å². The van der Waals surface area contributed by atoms with Crippen LogP contribution in [0.3, 0.4) is 0 Å². The molecule has 2 aromatic rings. The van der Waals surface area contributed by atoms with Crippen molar-refractivity contribution in [3.05, 3.63) is 30.8 Å². The van der Waals surface area contributed by atoms with E-state index >= 15 is 0 Å². The maximum Gasteiger partial charge on any atom is 0.229 e. The molecule has 2 rings (SSSR count). The van der Waals surface area contributed by atoms with Crippen LogP contribution in [0.15, 0.2) is 35.2 Å². The smallest absolute Gasteiger partial charge is 0.229 e. The van der Waals surface area contributed by atoms with Crippen molar-refractivity contribution in [2.45, 2.75) is 0 Å². The fourth-order valence-corrected chi connectivity index (χ4v) is 2.08. The van der Waals surface area contributed by atoms with Crippen LogP contribution in [0, 0.1) is 0 Å². The molecule has 1 aromatic carbocycles. The average Bonchev–Trinajstić information content (AvgIpc) is 2.80. The standard InChI is InChI=1S/C11H12N2O4S/c1-16-10-5-8(13-18(2,14)15)3-4-9(10)11-6-12-7-17-11/h3-7,13H,1-2H3. The molecule has 0 saturated heterocycles. The van der Waals surface area contributed by atoms with E-state index in [-0.39, 0.29) is 0 Å². The van der Waals surface area contributed by atoms with E-state index in [0.29, 0.717) is 22.8 Å². The van der Waals surface area contributed by atoms with Crippen molar-refractivity contribution in [1.82, 2.24) is 4.98 Å². The summed E-state index contributed by atoms with van der Waals surface area (Å²) in [5.74, 6) is 1.05. The van der Waals surface area contributed by atoms with E-state index < -0.39 is 10.0 Å². The highest BCUT2D eigenvalue weighted by molar-refractivity contribution is 7.92. The molecule has 0 atom stereocenters. The van der Waals surface area contributed by atoms with Crippen molar-refractivity contribution in [3.63, 3.8) is 0 Å². The minimum absolute atomic E-state index is 0.428. The molecule has 1 aromatic heterocycles. The summed E-state index contributed by atoms with van der Waals surface area (Å²) < 4.78 is 35.0. The molecule has 0 bridgehead atoms. The van der Waals surface area contributed by atoms with Crippen LogP contribution in [-0.4, -0.2) is 26.8 Å². The van der Waals surface area contributed by atoms with Gasteiger partial charge in [-0.25, -0.2) is 13.4 Å². The Morgan fingerprint density at radius 1 is 1.39 bits per heavy atom. The highest BCUT2D eigenvalue weighted by atomic mass is 32.2. The van der Waals surface area contributed by atoms with E-state index in [1.54, 1.807) is 24.4 Å². The van der Waals surface area contributed by atoms with Crippen molar-refractivity contribution < 1.29 is 17.6 Å². The van der Waals surface area contributed by atoms with Gasteiger partial charge in [0.15, 0.2) is 12.2 Å². The van der Waals surface area contributed by atoms with Crippen LogP contribution in [0.25, 0.3) is 11.3 Å². The molecule has 7 heteroatoms. The number of methoxy groups -OCH3 is 1. The van der Waals surface area contributed by atoms with E-state index in [9.17, 15) is 8.42 Å². The number of nitrogens with one attached hydrogen (secondary N) is 1. The Kier molecular flexibility index (Phi) is 3.24. The minimum Gasteiger partial charge on any atom is -0.496 e. The van der Waals surface area contributed by atoms with Gasteiger partial charge in [-0.3, -0.25) is 4.72 Å². The average molecular weight is 268 g/mol. The molecule has 0 radical (unpaired) electrons. The third-order valence-electron chi connectivity index (χ3n) is 2.20. The Hall–Kier alpha value is -2.02. The highest BCUT2D eigenvalue weighted by Crippen LogP contribution is 2.32. The molecule has 0 amide bonds. The fourth-order valence-electron chi connectivity index (χ4n) is 1.52. The summed E-state index contributed by atoms with van der Waals surface area (Å²) in [5, 5.41) is 0. The molecule has 6 nitrogen and oxygen atoms in total. The monoisotopic (exact) mass is 268 g/mol. The fraction of sp³-hybridized carbons (Fsp3) is 0.182. The first-order chi connectivity index (χ1) is 8.49. The molecule has 0 aliphatic rings. The number of ether oxygens (including phenoxy) is 1. The lowest BCUT2D eigenvalue weighted by Gasteiger charge is -2.09. The lowest BCUT2D eigenvalue weighted by molar-refractivity contribution is 0.415. The van der Waals surface area contributed by atoms with Gasteiger partial charge in [-0.1, -0.05) is 0 Å². The zero-order chi connectivity index (χ0) is 13.2. The summed E-state index contributed by atoms with van der Waals surface area (Å²) in [7, 11) is -1.81. The van der Waals surface area contributed by atoms with Gasteiger partial charge in [-0.15, -0.1) is 0 Å². The van der Waals surface area contributed by atoms with Gasteiger partial charge in [0.05, 0.1) is 30.8 Å². The number of hydrogen-bond acceptors (Lipinski definition) is 5. The van der Waals surface area contributed by atoms with Crippen molar-refractivity contribution in [1.29, 1.82) is 0 Å². The van der Waals surface area contributed by atoms with Gasteiger partial charge in [0.1, 0.15) is 5.75 Å². The summed E-state index contributed by atoms with van der Waals surface area (Å²) in [6.07, 6.45) is 3.96. The Bertz CT molecular complexity index is 635. The summed E-state index contributed by atoms with van der Waals surface area (Å²) >= 11 is 0. The third kappa shape index (κ3) is 2.80. The lowest BCUT2D eigenvalue weighted by Crippen LogP contribution is -2.09. The molecule has 96 valence electrons. The third-order valence-corrected chi connectivity index (χ3v) is 2.81. The first-order valence-electron chi connectivity index (χ1n) is 5.04. The number of rotatable bonds is 4. The Morgan fingerprint density at radius 3 is 2.72 bits per heavy atom. The summed E-state index contributed by atoms with van der Waals surface area (Å²) in [6.45, 7) is 0. The van der Waals surface area contributed by atoms with Crippen LogP contribution in [0.2, 0.25) is 0 Å². The minimum atomic E-state index is -3.31. The summed E-state index contributed by atoms with van der Waals surface area (Å²) in [6, 6.07) is 4.91. The Labute approximate surface area is 105 Å². The van der Waals surface area contributed by atoms with E-state index in [4.69, 9.17) is 9.15 Å². The largest absolute Gasteiger partial charge is 0.496 e. The quantitative estimate of drug-likeness (QED) is 0.913. The van der Waals surface area contributed by atoms with Crippen LogP contribution in [0.5, 0.6) is 5.75 Å². The molecule has 0 unspecified atom stereocenters.